The molecule has 0 bridgehead atoms. The lowest BCUT2D eigenvalue weighted by Gasteiger charge is -2.11. The topological polar surface area (TPSA) is 62.1 Å². The number of halogens is 1. The Morgan fingerprint density at radius 3 is 2.86 bits per heavy atom. The summed E-state index contributed by atoms with van der Waals surface area (Å²) in [7, 11) is 0. The fraction of sp³-hybridized carbons (Fsp3) is 0.125. The van der Waals surface area contributed by atoms with Gasteiger partial charge in [0.1, 0.15) is 5.75 Å². The van der Waals surface area contributed by atoms with E-state index in [4.69, 9.17) is 10.00 Å². The Labute approximate surface area is 131 Å². The lowest BCUT2D eigenvalue weighted by Crippen LogP contribution is -2.13. The molecule has 5 heteroatoms. The number of ether oxygens (including phenoxy) is 1. The summed E-state index contributed by atoms with van der Waals surface area (Å²) >= 11 is 3.35. The standard InChI is InChI=1S/C16H13BrN2O2/c1-2-21-15-7-6-12(17)9-14(15)16(20)19-13-5-3-4-11(8-13)10-18/h3-9H,2H2,1H3,(H,19,20). The average molecular weight is 345 g/mol. The zero-order chi connectivity index (χ0) is 15.2. The van der Waals surface area contributed by atoms with Crippen LogP contribution in [0.15, 0.2) is 46.9 Å². The normalized spacial score (nSPS) is 9.76. The van der Waals surface area contributed by atoms with Crippen molar-refractivity contribution in [2.75, 3.05) is 11.9 Å². The van der Waals surface area contributed by atoms with E-state index in [-0.39, 0.29) is 5.91 Å². The number of nitrogens with zero attached hydrogens (tertiary/aromatic N) is 1. The number of rotatable bonds is 4. The quantitative estimate of drug-likeness (QED) is 0.912. The van der Waals surface area contributed by atoms with E-state index >= 15 is 0 Å². The highest BCUT2D eigenvalue weighted by molar-refractivity contribution is 9.10. The van der Waals surface area contributed by atoms with E-state index in [9.17, 15) is 4.79 Å². The predicted octanol–water partition coefficient (Wildman–Crippen LogP) is 3.97. The van der Waals surface area contributed by atoms with Crippen LogP contribution in [0.3, 0.4) is 0 Å². The third kappa shape index (κ3) is 3.83. The van der Waals surface area contributed by atoms with Gasteiger partial charge in [-0.15, -0.1) is 0 Å². The SMILES string of the molecule is CCOc1ccc(Br)cc1C(=O)Nc1cccc(C#N)c1. The number of nitrogens with one attached hydrogen (secondary N) is 1. The zero-order valence-electron chi connectivity index (χ0n) is 11.4. The number of carbonyl (C=O) groups excluding carboxylic acids is 1. The summed E-state index contributed by atoms with van der Waals surface area (Å²) < 4.78 is 6.26. The van der Waals surface area contributed by atoms with Gasteiger partial charge in [-0.1, -0.05) is 22.0 Å². The van der Waals surface area contributed by atoms with Crippen molar-refractivity contribution in [1.29, 1.82) is 5.26 Å². The number of amides is 1. The summed E-state index contributed by atoms with van der Waals surface area (Å²) in [6.45, 7) is 2.34. The highest BCUT2D eigenvalue weighted by Crippen LogP contribution is 2.24. The van der Waals surface area contributed by atoms with Crippen LogP contribution in [0.2, 0.25) is 0 Å². The summed E-state index contributed by atoms with van der Waals surface area (Å²) in [5.41, 5.74) is 1.50. The van der Waals surface area contributed by atoms with Gasteiger partial charge in [-0.25, -0.2) is 0 Å². The number of carbonyl (C=O) groups is 1. The smallest absolute Gasteiger partial charge is 0.259 e. The highest BCUT2D eigenvalue weighted by atomic mass is 79.9. The molecular weight excluding hydrogens is 332 g/mol. The van der Waals surface area contributed by atoms with Gasteiger partial charge in [-0.2, -0.15) is 5.26 Å². The molecule has 4 nitrogen and oxygen atoms in total. The molecule has 0 fully saturated rings. The second-order valence-electron chi connectivity index (χ2n) is 4.22. The van der Waals surface area contributed by atoms with Crippen LogP contribution in [0.1, 0.15) is 22.8 Å². The van der Waals surface area contributed by atoms with Gasteiger partial charge in [0.25, 0.3) is 5.91 Å². The van der Waals surface area contributed by atoms with Crippen molar-refractivity contribution in [2.24, 2.45) is 0 Å². The number of nitriles is 1. The van der Waals surface area contributed by atoms with E-state index in [0.717, 1.165) is 4.47 Å². The monoisotopic (exact) mass is 344 g/mol. The molecule has 2 aromatic rings. The van der Waals surface area contributed by atoms with Crippen molar-refractivity contribution in [3.63, 3.8) is 0 Å². The second kappa shape index (κ2) is 6.91. The summed E-state index contributed by atoms with van der Waals surface area (Å²) in [4.78, 5) is 12.4. The van der Waals surface area contributed by atoms with Gasteiger partial charge < -0.3 is 10.1 Å². The molecule has 0 radical (unpaired) electrons. The fourth-order valence-electron chi connectivity index (χ4n) is 1.83. The van der Waals surface area contributed by atoms with Crippen LogP contribution in [0, 0.1) is 11.3 Å². The molecule has 1 N–H and O–H groups in total. The fourth-order valence-corrected chi connectivity index (χ4v) is 2.19. The Hall–Kier alpha value is -2.32. The van der Waals surface area contributed by atoms with Crippen LogP contribution < -0.4 is 10.1 Å². The third-order valence-corrected chi connectivity index (χ3v) is 3.23. The maximum absolute atomic E-state index is 12.4. The van der Waals surface area contributed by atoms with Gasteiger partial charge in [-0.05, 0) is 43.3 Å². The second-order valence-corrected chi connectivity index (χ2v) is 5.14. The van der Waals surface area contributed by atoms with Crippen molar-refractivity contribution >= 4 is 27.5 Å². The molecule has 0 atom stereocenters. The van der Waals surface area contributed by atoms with E-state index < -0.39 is 0 Å². The summed E-state index contributed by atoms with van der Waals surface area (Å²) in [5.74, 6) is 0.240. The number of benzene rings is 2. The van der Waals surface area contributed by atoms with E-state index in [1.807, 2.05) is 19.1 Å². The van der Waals surface area contributed by atoms with Gasteiger partial charge in [0.2, 0.25) is 0 Å². The number of hydrogen-bond acceptors (Lipinski definition) is 3. The van der Waals surface area contributed by atoms with Crippen LogP contribution in [-0.2, 0) is 0 Å². The average Bonchev–Trinajstić information content (AvgIpc) is 2.49. The predicted molar refractivity (Wildman–Crippen MR) is 84.4 cm³/mol. The molecule has 1 amide bonds. The Balaban J connectivity index is 2.27. The number of hydrogen-bond donors (Lipinski definition) is 1. The molecule has 0 aliphatic rings. The van der Waals surface area contributed by atoms with Crippen molar-refractivity contribution < 1.29 is 9.53 Å². The Morgan fingerprint density at radius 1 is 1.33 bits per heavy atom. The van der Waals surface area contributed by atoms with E-state index in [1.165, 1.54) is 0 Å². The van der Waals surface area contributed by atoms with Gasteiger partial charge >= 0.3 is 0 Å². The Morgan fingerprint density at radius 2 is 2.14 bits per heavy atom. The minimum Gasteiger partial charge on any atom is -0.493 e. The maximum Gasteiger partial charge on any atom is 0.259 e. The minimum atomic E-state index is -0.283. The van der Waals surface area contributed by atoms with Crippen molar-refractivity contribution in [3.8, 4) is 11.8 Å². The molecule has 2 aromatic carbocycles. The number of anilines is 1. The van der Waals surface area contributed by atoms with E-state index in [0.29, 0.717) is 29.2 Å². The van der Waals surface area contributed by atoms with Gasteiger partial charge in [0.15, 0.2) is 0 Å². The molecule has 0 spiro atoms. The first-order valence-corrected chi connectivity index (χ1v) is 7.17. The van der Waals surface area contributed by atoms with Crippen molar-refractivity contribution in [2.45, 2.75) is 6.92 Å². The van der Waals surface area contributed by atoms with Gasteiger partial charge in [0.05, 0.1) is 23.8 Å². The van der Waals surface area contributed by atoms with Crippen LogP contribution in [0.4, 0.5) is 5.69 Å². The molecule has 0 saturated heterocycles. The zero-order valence-corrected chi connectivity index (χ0v) is 13.0. The van der Waals surface area contributed by atoms with Crippen molar-refractivity contribution in [1.82, 2.24) is 0 Å². The van der Waals surface area contributed by atoms with E-state index in [2.05, 4.69) is 21.2 Å². The summed E-state index contributed by atoms with van der Waals surface area (Å²) in [5, 5.41) is 11.6. The largest absolute Gasteiger partial charge is 0.493 e. The molecular formula is C16H13BrN2O2. The Bertz CT molecular complexity index is 708. The van der Waals surface area contributed by atoms with Crippen LogP contribution in [-0.4, -0.2) is 12.5 Å². The molecule has 0 aromatic heterocycles. The van der Waals surface area contributed by atoms with Crippen LogP contribution in [0.5, 0.6) is 5.75 Å². The Kier molecular flexibility index (Phi) is 4.96. The highest BCUT2D eigenvalue weighted by Gasteiger charge is 2.13. The minimum absolute atomic E-state index is 0.283. The molecule has 0 saturated carbocycles. The van der Waals surface area contributed by atoms with E-state index in [1.54, 1.807) is 36.4 Å². The maximum atomic E-state index is 12.4. The first kappa shape index (κ1) is 15.1. The molecule has 0 unspecified atom stereocenters. The van der Waals surface area contributed by atoms with Crippen molar-refractivity contribution in [3.05, 3.63) is 58.1 Å². The lowest BCUT2D eigenvalue weighted by molar-refractivity contribution is 0.102. The van der Waals surface area contributed by atoms with Crippen LogP contribution in [0.25, 0.3) is 0 Å². The molecule has 2 rings (SSSR count). The third-order valence-electron chi connectivity index (χ3n) is 2.74. The van der Waals surface area contributed by atoms with Gasteiger partial charge in [0, 0.05) is 10.2 Å². The van der Waals surface area contributed by atoms with Gasteiger partial charge in [-0.3, -0.25) is 4.79 Å². The summed E-state index contributed by atoms with van der Waals surface area (Å²) in [6, 6.07) is 14.1. The first-order chi connectivity index (χ1) is 10.1. The lowest BCUT2D eigenvalue weighted by atomic mass is 10.1. The first-order valence-electron chi connectivity index (χ1n) is 6.38. The molecule has 0 heterocycles. The van der Waals surface area contributed by atoms with Crippen LogP contribution >= 0.6 is 15.9 Å². The summed E-state index contributed by atoms with van der Waals surface area (Å²) in [6.07, 6.45) is 0. The molecule has 106 valence electrons. The molecule has 0 aliphatic carbocycles. The molecule has 0 aliphatic heterocycles. The molecule has 21 heavy (non-hydrogen) atoms.